The van der Waals surface area contributed by atoms with E-state index in [2.05, 4.69) is 22.2 Å². The number of piperidine rings is 1. The maximum atomic E-state index is 12.4. The number of rotatable bonds is 6. The Labute approximate surface area is 147 Å². The molecule has 0 bridgehead atoms. The molecule has 1 saturated heterocycles. The van der Waals surface area contributed by atoms with E-state index in [0.29, 0.717) is 31.9 Å². The molecule has 0 amide bonds. The second kappa shape index (κ2) is 10.3. The summed E-state index contributed by atoms with van der Waals surface area (Å²) in [5, 5.41) is 6.15. The normalized spacial score (nSPS) is 17.9. The van der Waals surface area contributed by atoms with E-state index in [1.165, 1.54) is 0 Å². The Bertz CT molecular complexity index is 466. The summed E-state index contributed by atoms with van der Waals surface area (Å²) in [4.78, 5) is 4.03. The minimum Gasteiger partial charge on any atom is -0.356 e. The number of halogens is 3. The van der Waals surface area contributed by atoms with E-state index in [1.54, 1.807) is 13.1 Å². The average Bonchev–Trinajstić information content (AvgIpc) is 2.47. The second-order valence-corrected chi connectivity index (χ2v) is 6.67. The molecule has 0 aromatic heterocycles. The molecule has 0 unspecified atom stereocenters. The lowest BCUT2D eigenvalue weighted by molar-refractivity contribution is 0.204. The van der Waals surface area contributed by atoms with Crippen molar-refractivity contribution in [1.82, 2.24) is 14.9 Å². The Hall–Kier alpha value is -0.490. The van der Waals surface area contributed by atoms with Crippen LogP contribution in [0.2, 0.25) is 0 Å². The molecular weight excluding hydrogens is 429 g/mol. The summed E-state index contributed by atoms with van der Waals surface area (Å²) < 4.78 is 48.4. The molecular formula is C12H23F2IN4O2S. The Kier molecular flexibility index (Phi) is 10.1. The van der Waals surface area contributed by atoms with Gasteiger partial charge in [-0.3, -0.25) is 4.99 Å². The summed E-state index contributed by atoms with van der Waals surface area (Å²) in [6.07, 6.45) is 2.81. The molecule has 1 heterocycles. The molecule has 0 radical (unpaired) electrons. The molecule has 130 valence electrons. The molecule has 1 aliphatic rings. The quantitative estimate of drug-likeness (QED) is 0.275. The second-order valence-electron chi connectivity index (χ2n) is 4.77. The van der Waals surface area contributed by atoms with Gasteiger partial charge in [-0.2, -0.15) is 13.1 Å². The van der Waals surface area contributed by atoms with E-state index in [4.69, 9.17) is 0 Å². The SMILES string of the molecule is C=CCNC(=NC)NCC1CCN(S(=O)(=O)C(F)F)CC1.I. The highest BCUT2D eigenvalue weighted by atomic mass is 127. The van der Waals surface area contributed by atoms with Gasteiger partial charge in [-0.15, -0.1) is 30.6 Å². The molecule has 2 N–H and O–H groups in total. The molecule has 1 aliphatic heterocycles. The molecule has 0 aromatic rings. The van der Waals surface area contributed by atoms with Gasteiger partial charge < -0.3 is 10.6 Å². The van der Waals surface area contributed by atoms with Crippen molar-refractivity contribution in [3.05, 3.63) is 12.7 Å². The molecule has 0 aliphatic carbocycles. The van der Waals surface area contributed by atoms with Gasteiger partial charge in [0.2, 0.25) is 0 Å². The first-order valence-electron chi connectivity index (χ1n) is 6.74. The van der Waals surface area contributed by atoms with E-state index >= 15 is 0 Å². The molecule has 0 aromatic carbocycles. The first-order valence-corrected chi connectivity index (χ1v) is 8.24. The van der Waals surface area contributed by atoms with Crippen LogP contribution in [0.3, 0.4) is 0 Å². The summed E-state index contributed by atoms with van der Waals surface area (Å²) in [7, 11) is -2.79. The van der Waals surface area contributed by atoms with E-state index in [1.807, 2.05) is 0 Å². The lowest BCUT2D eigenvalue weighted by Gasteiger charge is -2.31. The van der Waals surface area contributed by atoms with Gasteiger partial charge in [0.15, 0.2) is 5.96 Å². The van der Waals surface area contributed by atoms with Gasteiger partial charge in [-0.25, -0.2) is 8.42 Å². The zero-order valence-corrected chi connectivity index (χ0v) is 15.6. The number of alkyl halides is 2. The van der Waals surface area contributed by atoms with Crippen LogP contribution in [0.1, 0.15) is 12.8 Å². The van der Waals surface area contributed by atoms with Crippen molar-refractivity contribution < 1.29 is 17.2 Å². The van der Waals surface area contributed by atoms with Crippen LogP contribution in [0.4, 0.5) is 8.78 Å². The van der Waals surface area contributed by atoms with Gasteiger partial charge in [-0.1, -0.05) is 6.08 Å². The molecule has 0 atom stereocenters. The summed E-state index contributed by atoms with van der Waals surface area (Å²) in [5.74, 6) is -2.47. The standard InChI is InChI=1S/C12H22F2N4O2S.HI/c1-3-6-16-12(15-2)17-9-10-4-7-18(8-5-10)21(19,20)11(13)14;/h3,10-11H,1,4-9H2,2H3,(H2,15,16,17);1H. The van der Waals surface area contributed by atoms with Crippen LogP contribution < -0.4 is 10.6 Å². The molecule has 0 spiro atoms. The number of guanidine groups is 1. The summed E-state index contributed by atoms with van der Waals surface area (Å²) >= 11 is 0. The average molecular weight is 452 g/mol. The number of nitrogens with one attached hydrogen (secondary N) is 2. The first kappa shape index (κ1) is 21.5. The molecule has 1 rings (SSSR count). The highest BCUT2D eigenvalue weighted by Crippen LogP contribution is 2.22. The topological polar surface area (TPSA) is 73.8 Å². The molecule has 22 heavy (non-hydrogen) atoms. The van der Waals surface area contributed by atoms with Crippen molar-refractivity contribution in [2.75, 3.05) is 33.2 Å². The van der Waals surface area contributed by atoms with Crippen molar-refractivity contribution in [2.45, 2.75) is 18.6 Å². The Morgan fingerprint density at radius 2 is 2.00 bits per heavy atom. The number of hydrogen-bond acceptors (Lipinski definition) is 3. The van der Waals surface area contributed by atoms with Gasteiger partial charge in [0.1, 0.15) is 0 Å². The third-order valence-electron chi connectivity index (χ3n) is 3.35. The maximum Gasteiger partial charge on any atom is 0.350 e. The third-order valence-corrected chi connectivity index (χ3v) is 4.89. The third kappa shape index (κ3) is 6.32. The van der Waals surface area contributed by atoms with Crippen LogP contribution in [0.25, 0.3) is 0 Å². The first-order chi connectivity index (χ1) is 9.91. The van der Waals surface area contributed by atoms with Crippen molar-refractivity contribution >= 4 is 40.0 Å². The van der Waals surface area contributed by atoms with Crippen LogP contribution in [0.5, 0.6) is 0 Å². The van der Waals surface area contributed by atoms with E-state index in [9.17, 15) is 17.2 Å². The zero-order chi connectivity index (χ0) is 15.9. The zero-order valence-electron chi connectivity index (χ0n) is 12.5. The summed E-state index contributed by atoms with van der Waals surface area (Å²) in [6.45, 7) is 5.08. The number of nitrogens with zero attached hydrogens (tertiary/aromatic N) is 2. The smallest absolute Gasteiger partial charge is 0.350 e. The molecule has 10 heteroatoms. The van der Waals surface area contributed by atoms with Gasteiger partial charge >= 0.3 is 5.76 Å². The van der Waals surface area contributed by atoms with Crippen molar-refractivity contribution in [3.8, 4) is 0 Å². The Morgan fingerprint density at radius 3 is 2.45 bits per heavy atom. The van der Waals surface area contributed by atoms with Crippen molar-refractivity contribution in [1.29, 1.82) is 0 Å². The summed E-state index contributed by atoms with van der Waals surface area (Å²) in [5.41, 5.74) is 0. The Morgan fingerprint density at radius 1 is 1.41 bits per heavy atom. The largest absolute Gasteiger partial charge is 0.356 e. The molecule has 1 fully saturated rings. The number of aliphatic imine (C=N–C) groups is 1. The molecule has 6 nitrogen and oxygen atoms in total. The predicted octanol–water partition coefficient (Wildman–Crippen LogP) is 1.22. The maximum absolute atomic E-state index is 12.4. The minimum atomic E-state index is -4.44. The number of sulfonamides is 1. The highest BCUT2D eigenvalue weighted by molar-refractivity contribution is 14.0. The fourth-order valence-corrected chi connectivity index (χ4v) is 3.06. The lowest BCUT2D eigenvalue weighted by Crippen LogP contribution is -2.45. The summed E-state index contributed by atoms with van der Waals surface area (Å²) in [6, 6.07) is 0. The van der Waals surface area contributed by atoms with Gasteiger partial charge in [0.25, 0.3) is 10.0 Å². The predicted molar refractivity (Wildman–Crippen MR) is 94.2 cm³/mol. The van der Waals surface area contributed by atoms with Crippen molar-refractivity contribution in [2.24, 2.45) is 10.9 Å². The van der Waals surface area contributed by atoms with Crippen LogP contribution in [-0.2, 0) is 10.0 Å². The number of hydrogen-bond donors (Lipinski definition) is 2. The monoisotopic (exact) mass is 452 g/mol. The Balaban J connectivity index is 0.00000441. The van der Waals surface area contributed by atoms with Gasteiger partial charge in [0.05, 0.1) is 0 Å². The van der Waals surface area contributed by atoms with Crippen LogP contribution >= 0.6 is 24.0 Å². The minimum absolute atomic E-state index is 0. The fraction of sp³-hybridized carbons (Fsp3) is 0.750. The van der Waals surface area contributed by atoms with Crippen LogP contribution in [-0.4, -0.2) is 57.7 Å². The van der Waals surface area contributed by atoms with Crippen LogP contribution in [0, 0.1) is 5.92 Å². The van der Waals surface area contributed by atoms with E-state index in [-0.39, 0.29) is 43.0 Å². The van der Waals surface area contributed by atoms with Crippen molar-refractivity contribution in [3.63, 3.8) is 0 Å². The molecule has 0 saturated carbocycles. The van der Waals surface area contributed by atoms with E-state index < -0.39 is 15.8 Å². The lowest BCUT2D eigenvalue weighted by atomic mass is 9.98. The van der Waals surface area contributed by atoms with Gasteiger partial charge in [0, 0.05) is 33.2 Å². The van der Waals surface area contributed by atoms with Gasteiger partial charge in [-0.05, 0) is 18.8 Å². The fourth-order valence-electron chi connectivity index (χ4n) is 2.11. The van der Waals surface area contributed by atoms with Crippen LogP contribution in [0.15, 0.2) is 17.6 Å². The highest BCUT2D eigenvalue weighted by Gasteiger charge is 2.34. The van der Waals surface area contributed by atoms with E-state index in [0.717, 1.165) is 4.31 Å².